The second kappa shape index (κ2) is 8.67. The first-order valence-corrected chi connectivity index (χ1v) is 8.80. The van der Waals surface area contributed by atoms with Crippen molar-refractivity contribution < 1.29 is 9.90 Å². The summed E-state index contributed by atoms with van der Waals surface area (Å²) in [4.78, 5) is 11.4. The van der Waals surface area contributed by atoms with Gasteiger partial charge in [0.1, 0.15) is 11.5 Å². The number of aliphatic hydroxyl groups is 1. The summed E-state index contributed by atoms with van der Waals surface area (Å²) >= 11 is 0. The number of aromatic nitrogens is 2. The summed E-state index contributed by atoms with van der Waals surface area (Å²) in [6.07, 6.45) is 2.66. The fraction of sp³-hybridized carbons (Fsp3) is 0.474. The van der Waals surface area contributed by atoms with E-state index in [1.165, 1.54) is 12.5 Å². The average molecular weight is 344 g/mol. The van der Waals surface area contributed by atoms with Crippen LogP contribution in [0, 0.1) is 0 Å². The Morgan fingerprint density at radius 1 is 1.36 bits per heavy atom. The summed E-state index contributed by atoms with van der Waals surface area (Å²) in [6.45, 7) is 5.16. The van der Waals surface area contributed by atoms with Gasteiger partial charge in [0.15, 0.2) is 0 Å². The van der Waals surface area contributed by atoms with Crippen LogP contribution in [0.15, 0.2) is 30.3 Å². The summed E-state index contributed by atoms with van der Waals surface area (Å²) in [7, 11) is 0. The maximum absolute atomic E-state index is 11.4. The van der Waals surface area contributed by atoms with Crippen molar-refractivity contribution in [2.45, 2.75) is 58.6 Å². The molecule has 1 aromatic heterocycles. The predicted molar refractivity (Wildman–Crippen MR) is 100 cm³/mol. The molecule has 0 saturated carbocycles. The number of anilines is 2. The molecule has 6 nitrogen and oxygen atoms in total. The molecule has 25 heavy (non-hydrogen) atoms. The number of carbonyl (C=O) groups is 1. The van der Waals surface area contributed by atoms with Crippen molar-refractivity contribution in [3.05, 3.63) is 41.6 Å². The Hall–Kier alpha value is -2.34. The minimum atomic E-state index is -0.590. The van der Waals surface area contributed by atoms with E-state index in [0.717, 1.165) is 25.0 Å². The number of nitrogens with two attached hydrogens (primary N) is 1. The lowest BCUT2D eigenvalue weighted by molar-refractivity contribution is -0.114. The molecule has 0 aliphatic carbocycles. The van der Waals surface area contributed by atoms with Gasteiger partial charge < -0.3 is 16.2 Å². The van der Waals surface area contributed by atoms with Crippen molar-refractivity contribution in [2.24, 2.45) is 0 Å². The summed E-state index contributed by atoms with van der Waals surface area (Å²) in [5.74, 6) is 0.219. The van der Waals surface area contributed by atoms with E-state index in [1.54, 1.807) is 11.6 Å². The number of rotatable bonds is 8. The van der Waals surface area contributed by atoms with Crippen LogP contribution in [-0.4, -0.2) is 26.9 Å². The standard InChI is InChI=1S/C19H28N4O2/c1-4-16-18(21-14(3)25)19(20)23(22-16)17(13(2)24)12-8-11-15-9-6-5-7-10-15/h5-7,9-10,13,17,24H,4,8,11-12,20H2,1-3H3,(H,21,25). The monoisotopic (exact) mass is 344 g/mol. The number of aliphatic hydroxyl groups excluding tert-OH is 1. The number of nitrogens with zero attached hydrogens (tertiary/aromatic N) is 2. The van der Waals surface area contributed by atoms with Crippen molar-refractivity contribution in [3.8, 4) is 0 Å². The van der Waals surface area contributed by atoms with E-state index >= 15 is 0 Å². The highest BCUT2D eigenvalue weighted by Crippen LogP contribution is 2.30. The third-order valence-electron chi connectivity index (χ3n) is 4.34. The lowest BCUT2D eigenvalue weighted by atomic mass is 10.0. The van der Waals surface area contributed by atoms with Crippen molar-refractivity contribution in [1.82, 2.24) is 9.78 Å². The van der Waals surface area contributed by atoms with Gasteiger partial charge in [-0.1, -0.05) is 37.3 Å². The van der Waals surface area contributed by atoms with E-state index in [9.17, 15) is 9.90 Å². The van der Waals surface area contributed by atoms with Gasteiger partial charge >= 0.3 is 0 Å². The number of amides is 1. The molecule has 136 valence electrons. The first-order chi connectivity index (χ1) is 11.9. The van der Waals surface area contributed by atoms with E-state index < -0.39 is 6.10 Å². The zero-order chi connectivity index (χ0) is 18.4. The first-order valence-electron chi connectivity index (χ1n) is 8.80. The number of hydrogen-bond acceptors (Lipinski definition) is 4. The van der Waals surface area contributed by atoms with Gasteiger partial charge in [-0.15, -0.1) is 0 Å². The highest BCUT2D eigenvalue weighted by molar-refractivity contribution is 5.92. The van der Waals surface area contributed by atoms with Gasteiger partial charge in [-0.2, -0.15) is 5.10 Å². The van der Waals surface area contributed by atoms with E-state index in [0.29, 0.717) is 17.9 Å². The Balaban J connectivity index is 2.16. The van der Waals surface area contributed by atoms with Gasteiger partial charge in [0, 0.05) is 6.92 Å². The van der Waals surface area contributed by atoms with Gasteiger partial charge in [-0.3, -0.25) is 4.79 Å². The highest BCUT2D eigenvalue weighted by Gasteiger charge is 2.24. The molecule has 2 aromatic rings. The van der Waals surface area contributed by atoms with Crippen LogP contribution in [0.3, 0.4) is 0 Å². The van der Waals surface area contributed by atoms with Gasteiger partial charge in [-0.25, -0.2) is 4.68 Å². The van der Waals surface area contributed by atoms with Crippen molar-refractivity contribution >= 4 is 17.4 Å². The summed E-state index contributed by atoms with van der Waals surface area (Å²) in [5.41, 5.74) is 8.79. The third-order valence-corrected chi connectivity index (χ3v) is 4.34. The van der Waals surface area contributed by atoms with Gasteiger partial charge in [0.2, 0.25) is 5.91 Å². The Morgan fingerprint density at radius 3 is 2.60 bits per heavy atom. The molecule has 0 bridgehead atoms. The minimum Gasteiger partial charge on any atom is -0.391 e. The molecular weight excluding hydrogens is 316 g/mol. The number of benzene rings is 1. The maximum atomic E-state index is 11.4. The Bertz CT molecular complexity index is 695. The average Bonchev–Trinajstić information content (AvgIpc) is 2.88. The fourth-order valence-corrected chi connectivity index (χ4v) is 3.04. The molecule has 2 rings (SSSR count). The third kappa shape index (κ3) is 4.82. The molecular formula is C19H28N4O2. The molecule has 0 fully saturated rings. The zero-order valence-electron chi connectivity index (χ0n) is 15.2. The van der Waals surface area contributed by atoms with Gasteiger partial charge in [0.25, 0.3) is 0 Å². The van der Waals surface area contributed by atoms with Crippen LogP contribution < -0.4 is 11.1 Å². The first kappa shape index (κ1) is 19.0. The number of nitrogens with one attached hydrogen (secondary N) is 1. The number of carbonyl (C=O) groups excluding carboxylic acids is 1. The lowest BCUT2D eigenvalue weighted by Gasteiger charge is -2.22. The Kier molecular flexibility index (Phi) is 6.58. The van der Waals surface area contributed by atoms with Crippen LogP contribution in [0.2, 0.25) is 0 Å². The van der Waals surface area contributed by atoms with E-state index in [-0.39, 0.29) is 11.9 Å². The number of aryl methyl sites for hydroxylation is 2. The highest BCUT2D eigenvalue weighted by atomic mass is 16.3. The molecule has 0 saturated heterocycles. The minimum absolute atomic E-state index is 0.182. The topological polar surface area (TPSA) is 93.2 Å². The van der Waals surface area contributed by atoms with Crippen LogP contribution in [0.5, 0.6) is 0 Å². The molecule has 2 unspecified atom stereocenters. The number of hydrogen-bond donors (Lipinski definition) is 3. The molecule has 0 spiro atoms. The molecule has 0 radical (unpaired) electrons. The van der Waals surface area contributed by atoms with Crippen LogP contribution >= 0.6 is 0 Å². The van der Waals surface area contributed by atoms with Gasteiger partial charge in [-0.05, 0) is 38.2 Å². The molecule has 0 aliphatic heterocycles. The maximum Gasteiger partial charge on any atom is 0.221 e. The molecule has 1 amide bonds. The van der Waals surface area contributed by atoms with Crippen molar-refractivity contribution in [3.63, 3.8) is 0 Å². The SMILES string of the molecule is CCc1nn(C(CCCc2ccccc2)C(C)O)c(N)c1NC(C)=O. The van der Waals surface area contributed by atoms with Crippen LogP contribution in [0.4, 0.5) is 11.5 Å². The van der Waals surface area contributed by atoms with Crippen molar-refractivity contribution in [1.29, 1.82) is 0 Å². The summed E-state index contributed by atoms with van der Waals surface area (Å²) < 4.78 is 1.67. The quantitative estimate of drug-likeness (QED) is 0.686. The second-order valence-corrected chi connectivity index (χ2v) is 6.37. The Labute approximate surface area is 149 Å². The molecule has 1 heterocycles. The largest absolute Gasteiger partial charge is 0.391 e. The van der Waals surface area contributed by atoms with Crippen molar-refractivity contribution in [2.75, 3.05) is 11.1 Å². The summed E-state index contributed by atoms with van der Waals surface area (Å²) in [5, 5.41) is 17.5. The molecule has 0 aliphatic rings. The number of nitrogen functional groups attached to an aromatic ring is 1. The molecule has 4 N–H and O–H groups in total. The molecule has 2 atom stereocenters. The molecule has 6 heteroatoms. The van der Waals surface area contributed by atoms with Crippen LogP contribution in [0.25, 0.3) is 0 Å². The normalized spacial score (nSPS) is 13.4. The fourth-order valence-electron chi connectivity index (χ4n) is 3.04. The summed E-state index contributed by atoms with van der Waals surface area (Å²) in [6, 6.07) is 10.0. The molecule has 1 aromatic carbocycles. The zero-order valence-corrected chi connectivity index (χ0v) is 15.2. The van der Waals surface area contributed by atoms with Crippen LogP contribution in [0.1, 0.15) is 50.9 Å². The van der Waals surface area contributed by atoms with E-state index in [4.69, 9.17) is 5.73 Å². The van der Waals surface area contributed by atoms with E-state index in [2.05, 4.69) is 22.5 Å². The van der Waals surface area contributed by atoms with Crippen LogP contribution in [-0.2, 0) is 17.6 Å². The van der Waals surface area contributed by atoms with Gasteiger partial charge in [0.05, 0.1) is 17.8 Å². The second-order valence-electron chi connectivity index (χ2n) is 6.37. The Morgan fingerprint density at radius 2 is 2.04 bits per heavy atom. The smallest absolute Gasteiger partial charge is 0.221 e. The van der Waals surface area contributed by atoms with E-state index in [1.807, 2.05) is 25.1 Å². The lowest BCUT2D eigenvalue weighted by Crippen LogP contribution is -2.24. The predicted octanol–water partition coefficient (Wildman–Crippen LogP) is 2.93.